The Morgan fingerprint density at radius 3 is 2.54 bits per heavy atom. The zero-order chi connectivity index (χ0) is 17.5. The summed E-state index contributed by atoms with van der Waals surface area (Å²) < 4.78 is 5.39. The van der Waals surface area contributed by atoms with Crippen molar-refractivity contribution in [2.75, 3.05) is 43.1 Å². The molecule has 0 saturated carbocycles. The molecule has 6 heteroatoms. The van der Waals surface area contributed by atoms with Crippen LogP contribution >= 0.6 is 0 Å². The largest absolute Gasteiger partial charge is 0.378 e. The number of carbonyl (C=O) groups excluding carboxylic acids is 2. The van der Waals surface area contributed by atoms with Crippen molar-refractivity contribution in [2.24, 2.45) is 0 Å². The van der Waals surface area contributed by atoms with Crippen LogP contribution in [0.1, 0.15) is 27.2 Å². The Kier molecular flexibility index (Phi) is 6.61. The number of nitrogens with zero attached hydrogens (tertiary/aromatic N) is 2. The molecule has 2 amide bonds. The fourth-order valence-corrected chi connectivity index (χ4v) is 2.87. The van der Waals surface area contributed by atoms with Crippen LogP contribution in [0.4, 0.5) is 11.4 Å². The van der Waals surface area contributed by atoms with Crippen molar-refractivity contribution < 1.29 is 14.3 Å². The van der Waals surface area contributed by atoms with Gasteiger partial charge < -0.3 is 19.9 Å². The van der Waals surface area contributed by atoms with Gasteiger partial charge in [0.1, 0.15) is 0 Å². The summed E-state index contributed by atoms with van der Waals surface area (Å²) in [6.07, 6.45) is 0.287. The maximum absolute atomic E-state index is 12.3. The van der Waals surface area contributed by atoms with Crippen LogP contribution in [-0.4, -0.2) is 55.6 Å². The van der Waals surface area contributed by atoms with E-state index >= 15 is 0 Å². The monoisotopic (exact) mass is 333 g/mol. The molecule has 1 N–H and O–H groups in total. The van der Waals surface area contributed by atoms with Gasteiger partial charge in [-0.1, -0.05) is 12.1 Å². The SMILES string of the molecule is CC(=O)N(CCC(=O)Nc1ccccc1N1CCOCC1)C(C)C. The number of amides is 2. The van der Waals surface area contributed by atoms with E-state index in [0.29, 0.717) is 19.8 Å². The number of hydrogen-bond acceptors (Lipinski definition) is 4. The highest BCUT2D eigenvalue weighted by atomic mass is 16.5. The van der Waals surface area contributed by atoms with Gasteiger partial charge in [-0.05, 0) is 26.0 Å². The summed E-state index contributed by atoms with van der Waals surface area (Å²) in [4.78, 5) is 27.8. The Balaban J connectivity index is 1.97. The molecule has 24 heavy (non-hydrogen) atoms. The Morgan fingerprint density at radius 2 is 1.92 bits per heavy atom. The van der Waals surface area contributed by atoms with E-state index in [1.165, 1.54) is 6.92 Å². The van der Waals surface area contributed by atoms with Crippen molar-refractivity contribution in [3.05, 3.63) is 24.3 Å². The Hall–Kier alpha value is -2.08. The number of carbonyl (C=O) groups is 2. The molecule has 1 aromatic rings. The number of nitrogens with one attached hydrogen (secondary N) is 1. The zero-order valence-corrected chi connectivity index (χ0v) is 14.7. The average molecular weight is 333 g/mol. The van der Waals surface area contributed by atoms with E-state index in [0.717, 1.165) is 24.5 Å². The van der Waals surface area contributed by atoms with Crippen LogP contribution in [0.3, 0.4) is 0 Å². The Bertz CT molecular complexity index is 568. The van der Waals surface area contributed by atoms with Crippen LogP contribution < -0.4 is 10.2 Å². The van der Waals surface area contributed by atoms with Crippen molar-refractivity contribution in [1.29, 1.82) is 0 Å². The number of morpholine rings is 1. The maximum Gasteiger partial charge on any atom is 0.226 e. The molecule has 0 spiro atoms. The van der Waals surface area contributed by atoms with Gasteiger partial charge in [0, 0.05) is 39.0 Å². The van der Waals surface area contributed by atoms with Crippen LogP contribution in [-0.2, 0) is 14.3 Å². The van der Waals surface area contributed by atoms with Crippen LogP contribution in [0.15, 0.2) is 24.3 Å². The first kappa shape index (κ1) is 18.3. The highest BCUT2D eigenvalue weighted by molar-refractivity contribution is 5.94. The number of rotatable bonds is 6. The van der Waals surface area contributed by atoms with Crippen LogP contribution in [0.5, 0.6) is 0 Å². The fourth-order valence-electron chi connectivity index (χ4n) is 2.87. The molecule has 0 radical (unpaired) electrons. The second-order valence-corrected chi connectivity index (χ2v) is 6.22. The van der Waals surface area contributed by atoms with Gasteiger partial charge in [-0.2, -0.15) is 0 Å². The lowest BCUT2D eigenvalue weighted by atomic mass is 10.2. The normalized spacial score (nSPS) is 14.6. The van der Waals surface area contributed by atoms with E-state index in [1.54, 1.807) is 4.90 Å². The Labute approximate surface area is 143 Å². The van der Waals surface area contributed by atoms with Crippen LogP contribution in [0.25, 0.3) is 0 Å². The molecular formula is C18H27N3O3. The molecule has 1 aliphatic rings. The molecule has 1 saturated heterocycles. The number of anilines is 2. The highest BCUT2D eigenvalue weighted by Gasteiger charge is 2.17. The van der Waals surface area contributed by atoms with Gasteiger partial charge in [-0.25, -0.2) is 0 Å². The molecule has 2 rings (SSSR count). The third-order valence-corrected chi connectivity index (χ3v) is 4.14. The van der Waals surface area contributed by atoms with Gasteiger partial charge in [0.05, 0.1) is 24.6 Å². The number of benzene rings is 1. The van der Waals surface area contributed by atoms with Crippen LogP contribution in [0, 0.1) is 0 Å². The summed E-state index contributed by atoms with van der Waals surface area (Å²) in [6.45, 7) is 8.90. The van der Waals surface area contributed by atoms with E-state index in [4.69, 9.17) is 4.74 Å². The number of hydrogen-bond donors (Lipinski definition) is 1. The molecular weight excluding hydrogens is 306 g/mol. The quantitative estimate of drug-likeness (QED) is 0.866. The van der Waals surface area contributed by atoms with Gasteiger partial charge in [-0.15, -0.1) is 0 Å². The lowest BCUT2D eigenvalue weighted by Gasteiger charge is -2.30. The summed E-state index contributed by atoms with van der Waals surface area (Å²) in [5.41, 5.74) is 1.82. The molecule has 1 fully saturated rings. The summed E-state index contributed by atoms with van der Waals surface area (Å²) in [6, 6.07) is 7.90. The average Bonchev–Trinajstić information content (AvgIpc) is 2.55. The molecule has 0 aliphatic carbocycles. The lowest BCUT2D eigenvalue weighted by molar-refractivity contribution is -0.130. The Morgan fingerprint density at radius 1 is 1.25 bits per heavy atom. The van der Waals surface area contributed by atoms with Crippen molar-refractivity contribution in [2.45, 2.75) is 33.2 Å². The highest BCUT2D eigenvalue weighted by Crippen LogP contribution is 2.26. The third kappa shape index (κ3) is 4.96. The van der Waals surface area contributed by atoms with E-state index in [9.17, 15) is 9.59 Å². The number of ether oxygens (including phenoxy) is 1. The predicted molar refractivity (Wildman–Crippen MR) is 95.2 cm³/mol. The second-order valence-electron chi connectivity index (χ2n) is 6.22. The van der Waals surface area contributed by atoms with E-state index in [-0.39, 0.29) is 24.3 Å². The molecule has 0 aromatic heterocycles. The molecule has 6 nitrogen and oxygen atoms in total. The molecule has 1 heterocycles. The van der Waals surface area contributed by atoms with Gasteiger partial charge >= 0.3 is 0 Å². The van der Waals surface area contributed by atoms with Gasteiger partial charge in [0.15, 0.2) is 0 Å². The van der Waals surface area contributed by atoms with Crippen molar-refractivity contribution in [3.8, 4) is 0 Å². The third-order valence-electron chi connectivity index (χ3n) is 4.14. The summed E-state index contributed by atoms with van der Waals surface area (Å²) in [7, 11) is 0. The minimum absolute atomic E-state index is 0.00785. The first-order chi connectivity index (χ1) is 11.5. The van der Waals surface area contributed by atoms with Crippen molar-refractivity contribution in [3.63, 3.8) is 0 Å². The molecule has 0 atom stereocenters. The minimum Gasteiger partial charge on any atom is -0.378 e. The summed E-state index contributed by atoms with van der Waals surface area (Å²) >= 11 is 0. The minimum atomic E-state index is -0.0809. The summed E-state index contributed by atoms with van der Waals surface area (Å²) in [5, 5.41) is 2.98. The second kappa shape index (κ2) is 8.68. The van der Waals surface area contributed by atoms with Crippen molar-refractivity contribution in [1.82, 2.24) is 4.90 Å². The van der Waals surface area contributed by atoms with E-state index in [1.807, 2.05) is 38.1 Å². The molecule has 132 valence electrons. The van der Waals surface area contributed by atoms with E-state index in [2.05, 4.69) is 10.2 Å². The number of para-hydroxylation sites is 2. The molecule has 1 aromatic carbocycles. The summed E-state index contributed by atoms with van der Waals surface area (Å²) in [5.74, 6) is -0.0888. The van der Waals surface area contributed by atoms with Gasteiger partial charge in [0.2, 0.25) is 11.8 Å². The maximum atomic E-state index is 12.3. The first-order valence-corrected chi connectivity index (χ1v) is 8.48. The topological polar surface area (TPSA) is 61.9 Å². The fraction of sp³-hybridized carbons (Fsp3) is 0.556. The molecule has 0 unspecified atom stereocenters. The van der Waals surface area contributed by atoms with Crippen molar-refractivity contribution >= 4 is 23.2 Å². The first-order valence-electron chi connectivity index (χ1n) is 8.48. The molecule has 0 bridgehead atoms. The van der Waals surface area contributed by atoms with Crippen LogP contribution in [0.2, 0.25) is 0 Å². The zero-order valence-electron chi connectivity index (χ0n) is 14.7. The van der Waals surface area contributed by atoms with Gasteiger partial charge in [0.25, 0.3) is 0 Å². The van der Waals surface area contributed by atoms with E-state index < -0.39 is 0 Å². The molecule has 1 aliphatic heterocycles. The van der Waals surface area contributed by atoms with Gasteiger partial charge in [-0.3, -0.25) is 9.59 Å². The lowest BCUT2D eigenvalue weighted by Crippen LogP contribution is -2.38. The smallest absolute Gasteiger partial charge is 0.226 e. The standard InChI is InChI=1S/C18H27N3O3/c1-14(2)21(15(3)22)9-8-18(23)19-16-6-4-5-7-17(16)20-10-12-24-13-11-20/h4-7,14H,8-13H2,1-3H3,(H,19,23). The predicted octanol–water partition coefficient (Wildman–Crippen LogP) is 2.11.